The van der Waals surface area contributed by atoms with Crippen molar-refractivity contribution in [3.05, 3.63) is 95.7 Å². The van der Waals surface area contributed by atoms with Crippen LogP contribution in [-0.4, -0.2) is 96.9 Å². The van der Waals surface area contributed by atoms with Crippen molar-refractivity contribution in [3.8, 4) is 0 Å². The molecule has 1 saturated heterocycles. The van der Waals surface area contributed by atoms with E-state index in [9.17, 15) is 48.6 Å². The van der Waals surface area contributed by atoms with Crippen molar-refractivity contribution < 1.29 is 71.4 Å². The summed E-state index contributed by atoms with van der Waals surface area (Å²) in [6.07, 6.45) is 31.9. The zero-order chi connectivity index (χ0) is 52.3. The van der Waals surface area contributed by atoms with Crippen molar-refractivity contribution in [1.82, 2.24) is 9.55 Å². The number of carbonyl (C=O) groups excluding carboxylic acids is 2. The van der Waals surface area contributed by atoms with E-state index in [1.54, 1.807) is 12.2 Å². The average Bonchev–Trinajstić information content (AvgIpc) is 3.59. The van der Waals surface area contributed by atoms with Gasteiger partial charge in [0.05, 0.1) is 19.3 Å². The summed E-state index contributed by atoms with van der Waals surface area (Å²) < 4.78 is 56.5. The first-order valence-electron chi connectivity index (χ1n) is 24.9. The lowest BCUT2D eigenvalue weighted by molar-refractivity contribution is -0.161. The van der Waals surface area contributed by atoms with E-state index in [1.807, 2.05) is 12.2 Å². The molecule has 2 heterocycles. The lowest BCUT2D eigenvalue weighted by Gasteiger charge is -2.21. The van der Waals surface area contributed by atoms with Gasteiger partial charge in [-0.15, -0.1) is 0 Å². The van der Waals surface area contributed by atoms with Crippen LogP contribution in [0.3, 0.4) is 0 Å². The molecule has 0 spiro atoms. The molecule has 1 aromatic heterocycles. The minimum Gasteiger partial charge on any atom is -0.462 e. The van der Waals surface area contributed by atoms with E-state index in [0.29, 0.717) is 12.8 Å². The van der Waals surface area contributed by atoms with Crippen LogP contribution in [0.4, 0.5) is 5.82 Å². The molecule has 8 atom stereocenters. The van der Waals surface area contributed by atoms with Crippen LogP contribution in [0.5, 0.6) is 0 Å². The van der Waals surface area contributed by atoms with E-state index in [1.165, 1.54) is 44.2 Å². The van der Waals surface area contributed by atoms with Crippen LogP contribution in [0.15, 0.2) is 90.0 Å². The lowest BCUT2D eigenvalue weighted by Crippen LogP contribution is -2.36. The highest BCUT2D eigenvalue weighted by Crippen LogP contribution is 2.60. The summed E-state index contributed by atoms with van der Waals surface area (Å²) in [6.45, 7) is 4.06. The number of aliphatic hydroxyl groups is 3. The average molecular weight is 1040 g/mol. The Balaban J connectivity index is 1.87. The SMILES string of the molecule is CC/C=C\C/C=C\C/C=C\C/C=C\C/C=C\C=C/C(O)CCC(=O)OC[C@H](COP(=O)(O)OP(=O)(O)OC[C@H]1O[C@@H](n2ccc(N)nc2=O)[C@H](O)[C@@H]1O)OC(=O)CCCCCCCCCCCCC(C)C. The van der Waals surface area contributed by atoms with Gasteiger partial charge in [0, 0.05) is 19.0 Å². The number of aliphatic hydroxyl groups excluding tert-OH is 3. The number of phosphoric ester groups is 2. The summed E-state index contributed by atoms with van der Waals surface area (Å²) in [5, 5.41) is 31.3. The highest BCUT2D eigenvalue weighted by molar-refractivity contribution is 7.61. The molecule has 0 saturated carbocycles. The van der Waals surface area contributed by atoms with Crippen molar-refractivity contribution >= 4 is 33.4 Å². The number of aromatic nitrogens is 2. The monoisotopic (exact) mass is 1040 g/mol. The predicted molar refractivity (Wildman–Crippen MR) is 271 cm³/mol. The fourth-order valence-corrected chi connectivity index (χ4v) is 9.07. The highest BCUT2D eigenvalue weighted by atomic mass is 31.3. The van der Waals surface area contributed by atoms with Gasteiger partial charge >= 0.3 is 33.3 Å². The molecule has 0 amide bonds. The summed E-state index contributed by atoms with van der Waals surface area (Å²) in [4.78, 5) is 61.9. The van der Waals surface area contributed by atoms with E-state index in [4.69, 9.17) is 29.0 Å². The molecule has 2 rings (SSSR count). The summed E-state index contributed by atoms with van der Waals surface area (Å²) >= 11 is 0. The smallest absolute Gasteiger partial charge is 0.462 e. The second kappa shape index (κ2) is 37.0. The zero-order valence-electron chi connectivity index (χ0n) is 41.8. The van der Waals surface area contributed by atoms with Gasteiger partial charge in [0.2, 0.25) is 0 Å². The Morgan fingerprint density at radius 3 is 1.92 bits per heavy atom. The number of hydrogen-bond acceptors (Lipinski definition) is 16. The van der Waals surface area contributed by atoms with Crippen LogP contribution in [0, 0.1) is 5.92 Å². The molecule has 1 aliphatic rings. The van der Waals surface area contributed by atoms with Gasteiger partial charge in [0.15, 0.2) is 12.3 Å². The molecule has 0 aromatic carbocycles. The van der Waals surface area contributed by atoms with Gasteiger partial charge in [0.25, 0.3) is 0 Å². The fourth-order valence-electron chi connectivity index (χ4n) is 6.96. The van der Waals surface area contributed by atoms with Gasteiger partial charge in [-0.1, -0.05) is 158 Å². The number of hydrogen-bond donors (Lipinski definition) is 6. The number of unbranched alkanes of at least 4 members (excludes halogenated alkanes) is 9. The number of allylic oxidation sites excluding steroid dienone is 11. The maximum Gasteiger partial charge on any atom is 0.481 e. The van der Waals surface area contributed by atoms with Crippen LogP contribution in [0.2, 0.25) is 0 Å². The number of anilines is 1. The Kier molecular flexibility index (Phi) is 33.0. The van der Waals surface area contributed by atoms with E-state index in [-0.39, 0.29) is 25.1 Å². The number of phosphoric acid groups is 2. The van der Waals surface area contributed by atoms with Gasteiger partial charge < -0.3 is 45.1 Å². The maximum atomic E-state index is 12.8. The molecule has 1 fully saturated rings. The third-order valence-corrected chi connectivity index (χ3v) is 13.5. The summed E-state index contributed by atoms with van der Waals surface area (Å²) in [5.41, 5.74) is 4.57. The molecular weight excluding hydrogens is 961 g/mol. The first-order chi connectivity index (χ1) is 33.9. The Morgan fingerprint density at radius 2 is 1.32 bits per heavy atom. The number of carbonyl (C=O) groups is 2. The van der Waals surface area contributed by atoms with Crippen LogP contribution in [0.25, 0.3) is 0 Å². The minimum absolute atomic E-state index is 0.00218. The largest absolute Gasteiger partial charge is 0.481 e. The normalized spacial score (nSPS) is 20.3. The molecule has 1 aromatic rings. The van der Waals surface area contributed by atoms with E-state index in [0.717, 1.165) is 74.5 Å². The number of nitrogen functional groups attached to an aromatic ring is 1. The fraction of sp³-hybridized carbons (Fsp3) is 0.640. The Labute approximate surface area is 419 Å². The maximum absolute atomic E-state index is 12.8. The Hall–Kier alpha value is -3.84. The molecule has 0 radical (unpaired) electrons. The van der Waals surface area contributed by atoms with Crippen molar-refractivity contribution in [3.63, 3.8) is 0 Å². The highest BCUT2D eigenvalue weighted by Gasteiger charge is 2.46. The van der Waals surface area contributed by atoms with Gasteiger partial charge in [-0.3, -0.25) is 23.2 Å². The van der Waals surface area contributed by atoms with Crippen molar-refractivity contribution in [2.24, 2.45) is 5.92 Å². The van der Waals surface area contributed by atoms with E-state index < -0.39 is 89.8 Å². The molecule has 19 nitrogen and oxygen atoms in total. The predicted octanol–water partition coefficient (Wildman–Crippen LogP) is 8.94. The second-order valence-corrected chi connectivity index (χ2v) is 20.7. The standard InChI is InChI=1S/C50H81N3O16P2/c1-4-5-6-7-8-9-10-11-12-13-14-15-19-22-25-28-31-41(54)33-34-45(55)64-37-42(67-46(56)32-29-26-23-20-17-16-18-21-24-27-30-40(2)3)38-65-70(60,61)69-71(62,63)66-39-43-47(57)48(58)49(68-43)53-36-35-44(51)52-50(53)59/h5-6,8-9,11-12,14-15,22,25,28,31,35-36,40-43,47-49,54,57-58H,4,7,10,13,16-21,23-24,26-27,29-30,32-34,37-39H2,1-3H3,(H,60,61)(H,62,63)(H2,51,52,59)/b6-5-,9-8-,12-11-,15-14-,25-22-,31-28-/t41?,42-,43-,47-,48-,49-/m1/s1. The summed E-state index contributed by atoms with van der Waals surface area (Å²) in [7, 11) is -10.9. The van der Waals surface area contributed by atoms with Gasteiger partial charge in [0.1, 0.15) is 30.7 Å². The van der Waals surface area contributed by atoms with Crippen LogP contribution in [-0.2, 0) is 46.3 Å². The topological polar surface area (TPSA) is 286 Å². The third kappa shape index (κ3) is 30.7. The number of rotatable bonds is 39. The second-order valence-electron chi connectivity index (χ2n) is 17.6. The number of nitrogens with two attached hydrogens (primary N) is 1. The number of ether oxygens (including phenoxy) is 3. The summed E-state index contributed by atoms with van der Waals surface area (Å²) in [5.74, 6) is -0.863. The summed E-state index contributed by atoms with van der Waals surface area (Å²) in [6, 6.07) is 1.23. The van der Waals surface area contributed by atoms with Crippen LogP contribution in [0.1, 0.15) is 149 Å². The zero-order valence-corrected chi connectivity index (χ0v) is 43.6. The Morgan fingerprint density at radius 1 is 0.761 bits per heavy atom. The Bertz CT molecular complexity index is 2000. The third-order valence-electron chi connectivity index (χ3n) is 10.9. The molecule has 21 heteroatoms. The van der Waals surface area contributed by atoms with Crippen molar-refractivity contribution in [1.29, 1.82) is 0 Å². The van der Waals surface area contributed by atoms with E-state index in [2.05, 4.69) is 72.6 Å². The molecule has 0 bridgehead atoms. The molecule has 71 heavy (non-hydrogen) atoms. The minimum atomic E-state index is -5.47. The number of esters is 2. The molecule has 7 N–H and O–H groups in total. The quantitative estimate of drug-likeness (QED) is 0.0118. The molecule has 402 valence electrons. The number of nitrogens with zero attached hydrogens (tertiary/aromatic N) is 2. The van der Waals surface area contributed by atoms with Crippen LogP contribution < -0.4 is 11.4 Å². The molecular formula is C50H81N3O16P2. The first kappa shape index (κ1) is 63.3. The van der Waals surface area contributed by atoms with E-state index >= 15 is 0 Å². The molecule has 3 unspecified atom stereocenters. The molecule has 1 aliphatic heterocycles. The lowest BCUT2D eigenvalue weighted by atomic mass is 10.0. The first-order valence-corrected chi connectivity index (χ1v) is 27.9. The van der Waals surface area contributed by atoms with Crippen molar-refractivity contribution in [2.75, 3.05) is 25.6 Å². The van der Waals surface area contributed by atoms with Gasteiger partial charge in [-0.05, 0) is 56.9 Å². The molecule has 0 aliphatic carbocycles. The van der Waals surface area contributed by atoms with Crippen LogP contribution >= 0.6 is 15.6 Å². The van der Waals surface area contributed by atoms with Crippen molar-refractivity contribution in [2.45, 2.75) is 180 Å². The van der Waals surface area contributed by atoms with Gasteiger partial charge in [-0.25, -0.2) is 13.9 Å². The van der Waals surface area contributed by atoms with Gasteiger partial charge in [-0.2, -0.15) is 9.29 Å².